The van der Waals surface area contributed by atoms with Crippen molar-refractivity contribution in [3.8, 4) is 5.75 Å². The average Bonchev–Trinajstić information content (AvgIpc) is 2.61. The van der Waals surface area contributed by atoms with Crippen LogP contribution in [0.25, 0.3) is 22.1 Å². The van der Waals surface area contributed by atoms with E-state index < -0.39 is 17.4 Å². The molecule has 3 rings (SSSR count). The van der Waals surface area contributed by atoms with Crippen LogP contribution >= 0.6 is 0 Å². The molecule has 3 aromatic rings. The second kappa shape index (κ2) is 6.23. The molecule has 0 amide bonds. The third kappa shape index (κ3) is 2.89. The van der Waals surface area contributed by atoms with Crippen LogP contribution in [0.3, 0.4) is 0 Å². The Hall–Kier alpha value is -3.42. The van der Waals surface area contributed by atoms with Crippen molar-refractivity contribution in [2.24, 2.45) is 0 Å². The fourth-order valence-electron chi connectivity index (χ4n) is 2.44. The van der Waals surface area contributed by atoms with Gasteiger partial charge in [-0.05, 0) is 24.3 Å². The molecule has 0 fully saturated rings. The molecular weight excluding hydrogens is 330 g/mol. The molecule has 8 nitrogen and oxygen atoms in total. The first-order chi connectivity index (χ1) is 11.9. The first-order valence-corrected chi connectivity index (χ1v) is 7.19. The van der Waals surface area contributed by atoms with Gasteiger partial charge in [-0.1, -0.05) is 0 Å². The minimum atomic E-state index is -0.747. The topological polar surface area (TPSA) is 116 Å². The van der Waals surface area contributed by atoms with Crippen LogP contribution in [0.2, 0.25) is 0 Å². The van der Waals surface area contributed by atoms with Crippen LogP contribution in [-0.4, -0.2) is 36.2 Å². The maximum Gasteiger partial charge on any atom is 0.339 e. The van der Waals surface area contributed by atoms with E-state index in [9.17, 15) is 19.5 Å². The van der Waals surface area contributed by atoms with E-state index in [0.717, 1.165) is 0 Å². The molecule has 0 aliphatic carbocycles. The van der Waals surface area contributed by atoms with Gasteiger partial charge in [-0.25, -0.2) is 9.78 Å². The number of methoxy groups -OCH3 is 2. The van der Waals surface area contributed by atoms with Gasteiger partial charge in [-0.2, -0.15) is 0 Å². The average molecular weight is 343 g/mol. The Morgan fingerprint density at radius 3 is 2.60 bits per heavy atom. The summed E-state index contributed by atoms with van der Waals surface area (Å²) in [5, 5.41) is 9.74. The number of benzene rings is 1. The zero-order valence-electron chi connectivity index (χ0n) is 13.4. The van der Waals surface area contributed by atoms with Gasteiger partial charge in [0, 0.05) is 0 Å². The van der Waals surface area contributed by atoms with Gasteiger partial charge in [0.05, 0.1) is 42.7 Å². The Morgan fingerprint density at radius 1 is 1.16 bits per heavy atom. The Balaban J connectivity index is 2.34. The van der Waals surface area contributed by atoms with Gasteiger partial charge in [0.25, 0.3) is 0 Å². The summed E-state index contributed by atoms with van der Waals surface area (Å²) in [4.78, 5) is 40.3. The Kier molecular flexibility index (Phi) is 4.10. The summed E-state index contributed by atoms with van der Waals surface area (Å²) in [6, 6.07) is 5.33. The van der Waals surface area contributed by atoms with E-state index in [-0.39, 0.29) is 45.5 Å². The monoisotopic (exact) mass is 343 g/mol. The number of esters is 2. The van der Waals surface area contributed by atoms with Crippen molar-refractivity contribution in [1.29, 1.82) is 0 Å². The summed E-state index contributed by atoms with van der Waals surface area (Å²) >= 11 is 0. The molecule has 0 aliphatic heterocycles. The van der Waals surface area contributed by atoms with Crippen LogP contribution in [0.1, 0.15) is 16.1 Å². The molecule has 8 heteroatoms. The van der Waals surface area contributed by atoms with E-state index in [2.05, 4.69) is 14.5 Å². The molecule has 0 bridgehead atoms. The largest absolute Gasteiger partial charge is 0.508 e. The van der Waals surface area contributed by atoms with Gasteiger partial charge >= 0.3 is 11.9 Å². The van der Waals surface area contributed by atoms with Gasteiger partial charge in [0.2, 0.25) is 11.1 Å². The number of phenolic OH excluding ortho intramolecular Hbond substituents is 1. The van der Waals surface area contributed by atoms with Gasteiger partial charge in [-0.3, -0.25) is 9.59 Å². The van der Waals surface area contributed by atoms with Crippen molar-refractivity contribution in [2.45, 2.75) is 6.42 Å². The van der Waals surface area contributed by atoms with E-state index in [1.54, 1.807) is 0 Å². The summed E-state index contributed by atoms with van der Waals surface area (Å²) in [6.07, 6.45) is -0.284. The molecule has 0 atom stereocenters. The van der Waals surface area contributed by atoms with Gasteiger partial charge in [-0.15, -0.1) is 0 Å². The van der Waals surface area contributed by atoms with Crippen molar-refractivity contribution in [3.05, 3.63) is 45.7 Å². The van der Waals surface area contributed by atoms with Crippen molar-refractivity contribution < 1.29 is 28.6 Å². The number of carbonyl (C=O) groups excluding carboxylic acids is 2. The van der Waals surface area contributed by atoms with Crippen LogP contribution in [0.4, 0.5) is 0 Å². The summed E-state index contributed by atoms with van der Waals surface area (Å²) < 4.78 is 14.9. The molecule has 0 saturated heterocycles. The lowest BCUT2D eigenvalue weighted by Crippen LogP contribution is -2.15. The third-order valence-corrected chi connectivity index (χ3v) is 3.67. The fraction of sp³-hybridized carbons (Fsp3) is 0.176. The van der Waals surface area contributed by atoms with Crippen molar-refractivity contribution in [1.82, 2.24) is 4.98 Å². The molecule has 2 heterocycles. The highest BCUT2D eigenvalue weighted by Gasteiger charge is 2.21. The van der Waals surface area contributed by atoms with Crippen LogP contribution in [-0.2, 0) is 20.7 Å². The molecule has 128 valence electrons. The standard InChI is InChI=1S/C17H13NO7/c1-23-14(20)7-12-9(17(22)24-2)6-11-15(21)10-5-8(19)3-4-13(10)25-16(11)18-12/h3-6,19H,7H2,1-2H3. The first kappa shape index (κ1) is 16.4. The molecule has 0 saturated carbocycles. The van der Waals surface area contributed by atoms with E-state index >= 15 is 0 Å². The van der Waals surface area contributed by atoms with Crippen LogP contribution in [0.15, 0.2) is 33.5 Å². The minimum Gasteiger partial charge on any atom is -0.508 e. The highest BCUT2D eigenvalue weighted by Crippen LogP contribution is 2.23. The van der Waals surface area contributed by atoms with Crippen molar-refractivity contribution in [3.63, 3.8) is 0 Å². The number of hydrogen-bond donors (Lipinski definition) is 1. The summed E-state index contributed by atoms with van der Waals surface area (Å²) in [7, 11) is 2.39. The number of phenols is 1. The third-order valence-electron chi connectivity index (χ3n) is 3.67. The number of pyridine rings is 1. The second-order valence-electron chi connectivity index (χ2n) is 5.19. The minimum absolute atomic E-state index is 0.0326. The van der Waals surface area contributed by atoms with Gasteiger partial charge in [0.15, 0.2) is 0 Å². The molecular formula is C17H13NO7. The predicted molar refractivity (Wildman–Crippen MR) is 86.5 cm³/mol. The summed E-state index contributed by atoms with van der Waals surface area (Å²) in [5.74, 6) is -1.45. The lowest BCUT2D eigenvalue weighted by molar-refractivity contribution is -0.139. The molecule has 25 heavy (non-hydrogen) atoms. The van der Waals surface area contributed by atoms with Crippen molar-refractivity contribution >= 4 is 34.0 Å². The molecule has 2 aromatic heterocycles. The quantitative estimate of drug-likeness (QED) is 0.562. The summed E-state index contributed by atoms with van der Waals surface area (Å²) in [5.41, 5.74) is -0.235. The molecule has 0 spiro atoms. The smallest absolute Gasteiger partial charge is 0.339 e. The SMILES string of the molecule is COC(=O)Cc1nc2oc3ccc(O)cc3c(=O)c2cc1C(=O)OC. The van der Waals surface area contributed by atoms with Gasteiger partial charge in [0.1, 0.15) is 11.3 Å². The van der Waals surface area contributed by atoms with E-state index in [1.165, 1.54) is 38.5 Å². The number of hydrogen-bond acceptors (Lipinski definition) is 8. The number of nitrogens with zero attached hydrogens (tertiary/aromatic N) is 1. The number of ether oxygens (including phenoxy) is 2. The number of carbonyl (C=O) groups is 2. The van der Waals surface area contributed by atoms with Crippen LogP contribution in [0, 0.1) is 0 Å². The molecule has 0 radical (unpaired) electrons. The summed E-state index contributed by atoms with van der Waals surface area (Å²) in [6.45, 7) is 0. The number of aromatic hydroxyl groups is 1. The highest BCUT2D eigenvalue weighted by atomic mass is 16.5. The van der Waals surface area contributed by atoms with Crippen LogP contribution < -0.4 is 5.43 Å². The molecule has 1 aromatic carbocycles. The van der Waals surface area contributed by atoms with Crippen LogP contribution in [0.5, 0.6) is 5.75 Å². The fourth-order valence-corrected chi connectivity index (χ4v) is 2.44. The van der Waals surface area contributed by atoms with Crippen molar-refractivity contribution in [2.75, 3.05) is 14.2 Å². The van der Waals surface area contributed by atoms with E-state index in [1.807, 2.05) is 0 Å². The lowest BCUT2D eigenvalue weighted by Gasteiger charge is -2.08. The lowest BCUT2D eigenvalue weighted by atomic mass is 10.1. The van der Waals surface area contributed by atoms with E-state index in [4.69, 9.17) is 4.42 Å². The maximum atomic E-state index is 12.6. The maximum absolute atomic E-state index is 12.6. The Labute approximate surface area is 140 Å². The Morgan fingerprint density at radius 2 is 1.92 bits per heavy atom. The predicted octanol–water partition coefficient (Wildman–Crippen LogP) is 1.55. The first-order valence-electron chi connectivity index (χ1n) is 7.19. The number of fused-ring (bicyclic) bond motifs is 2. The zero-order chi connectivity index (χ0) is 18.1. The van der Waals surface area contributed by atoms with Gasteiger partial charge < -0.3 is 19.0 Å². The highest BCUT2D eigenvalue weighted by molar-refractivity contribution is 5.97. The molecule has 0 unspecified atom stereocenters. The number of rotatable bonds is 3. The number of aromatic nitrogens is 1. The van der Waals surface area contributed by atoms with E-state index in [0.29, 0.717) is 0 Å². The molecule has 1 N–H and O–H groups in total. The molecule has 0 aliphatic rings. The normalized spacial score (nSPS) is 10.8. The second-order valence-corrected chi connectivity index (χ2v) is 5.19. The Bertz CT molecular complexity index is 1070. The zero-order valence-corrected chi connectivity index (χ0v) is 13.4.